The second kappa shape index (κ2) is 7.69. The van der Waals surface area contributed by atoms with Crippen LogP contribution in [0.4, 0.5) is 0 Å². The van der Waals surface area contributed by atoms with Crippen molar-refractivity contribution in [2.24, 2.45) is 5.41 Å². The molecule has 1 rings (SSSR count). The molecule has 0 aliphatic carbocycles. The molecule has 0 saturated carbocycles. The molecule has 0 spiro atoms. The number of hydrogen-bond donors (Lipinski definition) is 1. The van der Waals surface area contributed by atoms with E-state index in [9.17, 15) is 9.90 Å². The summed E-state index contributed by atoms with van der Waals surface area (Å²) in [5, 5.41) is 9.45. The third-order valence-corrected chi connectivity index (χ3v) is 4.46. The molecule has 1 aromatic carbocycles. The Hall–Kier alpha value is -1.35. The van der Waals surface area contributed by atoms with Gasteiger partial charge in [-0.1, -0.05) is 50.1 Å². The molecule has 0 aliphatic rings. The number of carbonyl (C=O) groups is 1. The Bertz CT molecular complexity index is 554. The van der Waals surface area contributed by atoms with Crippen LogP contribution in [0.3, 0.4) is 0 Å². The van der Waals surface area contributed by atoms with E-state index in [4.69, 9.17) is 4.74 Å². The fraction of sp³-hybridized carbons (Fsp3) is 0.667. The summed E-state index contributed by atoms with van der Waals surface area (Å²) in [6.07, 6.45) is 2.43. The van der Waals surface area contributed by atoms with Gasteiger partial charge in [-0.05, 0) is 58.4 Å². The smallest absolute Gasteiger partial charge is 0.316 e. The van der Waals surface area contributed by atoms with Gasteiger partial charge in [-0.25, -0.2) is 0 Å². The maximum absolute atomic E-state index is 12.9. The molecule has 1 atom stereocenters. The summed E-state index contributed by atoms with van der Waals surface area (Å²) >= 11 is 0. The van der Waals surface area contributed by atoms with E-state index < -0.39 is 11.0 Å². The van der Waals surface area contributed by atoms with E-state index in [1.807, 2.05) is 66.7 Å². The molecular formula is C21H34O3. The Morgan fingerprint density at radius 3 is 2.21 bits per heavy atom. The third kappa shape index (κ3) is 5.94. The molecule has 0 aliphatic heterocycles. The number of ether oxygens (including phenoxy) is 1. The van der Waals surface area contributed by atoms with Crippen LogP contribution in [0, 0.1) is 12.3 Å². The number of carbonyl (C=O) groups excluding carboxylic acids is 1. The van der Waals surface area contributed by atoms with Crippen molar-refractivity contribution in [2.45, 2.75) is 78.7 Å². The summed E-state index contributed by atoms with van der Waals surface area (Å²) in [5.41, 5.74) is 0.829. The zero-order valence-electron chi connectivity index (χ0n) is 16.4. The Morgan fingerprint density at radius 1 is 1.08 bits per heavy atom. The quantitative estimate of drug-likeness (QED) is 0.730. The molecule has 1 unspecified atom stereocenters. The Morgan fingerprint density at radius 2 is 1.71 bits per heavy atom. The molecule has 0 aromatic heterocycles. The van der Waals surface area contributed by atoms with Gasteiger partial charge in [0.25, 0.3) is 0 Å². The lowest BCUT2D eigenvalue weighted by Crippen LogP contribution is -2.39. The zero-order valence-corrected chi connectivity index (χ0v) is 16.4. The lowest BCUT2D eigenvalue weighted by Gasteiger charge is -2.33. The van der Waals surface area contributed by atoms with Crippen molar-refractivity contribution in [3.8, 4) is 0 Å². The number of aryl methyl sites for hydroxylation is 1. The van der Waals surface area contributed by atoms with Gasteiger partial charge in [0.1, 0.15) is 5.60 Å². The van der Waals surface area contributed by atoms with Crippen LogP contribution >= 0.6 is 0 Å². The molecule has 0 fully saturated rings. The summed E-state index contributed by atoms with van der Waals surface area (Å²) in [4.78, 5) is 12.9. The van der Waals surface area contributed by atoms with Gasteiger partial charge in [0, 0.05) is 6.61 Å². The highest BCUT2D eigenvalue weighted by Gasteiger charge is 2.38. The Kier molecular flexibility index (Phi) is 6.63. The van der Waals surface area contributed by atoms with Crippen LogP contribution in [0.5, 0.6) is 0 Å². The van der Waals surface area contributed by atoms with Crippen LogP contribution in [0.25, 0.3) is 0 Å². The minimum absolute atomic E-state index is 0.124. The Balaban J connectivity index is 3.05. The largest absolute Gasteiger partial charge is 0.459 e. The van der Waals surface area contributed by atoms with Crippen molar-refractivity contribution in [1.29, 1.82) is 0 Å². The molecule has 24 heavy (non-hydrogen) atoms. The second-order valence-corrected chi connectivity index (χ2v) is 8.88. The molecule has 136 valence electrons. The highest BCUT2D eigenvalue weighted by Crippen LogP contribution is 2.35. The highest BCUT2D eigenvalue weighted by molar-refractivity contribution is 5.83. The van der Waals surface area contributed by atoms with E-state index in [0.29, 0.717) is 6.42 Å². The van der Waals surface area contributed by atoms with Crippen molar-refractivity contribution >= 4 is 5.97 Å². The summed E-state index contributed by atoms with van der Waals surface area (Å²) in [6.45, 7) is 14.0. The lowest BCUT2D eigenvalue weighted by atomic mass is 9.75. The number of benzene rings is 1. The molecule has 1 aromatic rings. The van der Waals surface area contributed by atoms with Gasteiger partial charge >= 0.3 is 5.97 Å². The molecule has 0 bridgehead atoms. The monoisotopic (exact) mass is 334 g/mol. The maximum atomic E-state index is 12.9. The van der Waals surface area contributed by atoms with Crippen molar-refractivity contribution in [3.63, 3.8) is 0 Å². The molecule has 1 N–H and O–H groups in total. The number of rotatable bonds is 7. The molecule has 0 radical (unpaired) electrons. The SMILES string of the molecule is Cc1cccc(C(C)(CCCC(C)(C)CO)C(=O)OC(C)(C)C)c1. The fourth-order valence-corrected chi connectivity index (χ4v) is 2.74. The third-order valence-electron chi connectivity index (χ3n) is 4.46. The molecule has 0 saturated heterocycles. The maximum Gasteiger partial charge on any atom is 0.316 e. The van der Waals surface area contributed by atoms with Gasteiger partial charge in [0.2, 0.25) is 0 Å². The topological polar surface area (TPSA) is 46.5 Å². The average Bonchev–Trinajstić information content (AvgIpc) is 2.45. The first kappa shape index (κ1) is 20.7. The summed E-state index contributed by atoms with van der Waals surface area (Å²) in [6, 6.07) is 8.11. The van der Waals surface area contributed by atoms with Crippen LogP contribution in [0.2, 0.25) is 0 Å². The fourth-order valence-electron chi connectivity index (χ4n) is 2.74. The molecule has 0 heterocycles. The number of esters is 1. The van der Waals surface area contributed by atoms with Gasteiger partial charge in [-0.3, -0.25) is 4.79 Å². The summed E-state index contributed by atoms with van der Waals surface area (Å²) < 4.78 is 5.72. The van der Waals surface area contributed by atoms with E-state index in [-0.39, 0.29) is 18.0 Å². The average molecular weight is 335 g/mol. The first-order valence-electron chi connectivity index (χ1n) is 8.81. The standard InChI is InChI=1S/C21H34O3/c1-16-10-8-11-17(14-16)21(7,18(23)24-19(2,3)4)13-9-12-20(5,6)15-22/h8,10-11,14,22H,9,12-13,15H2,1-7H3. The van der Waals surface area contributed by atoms with Crippen LogP contribution < -0.4 is 0 Å². The van der Waals surface area contributed by atoms with Crippen molar-refractivity contribution in [3.05, 3.63) is 35.4 Å². The van der Waals surface area contributed by atoms with Gasteiger partial charge < -0.3 is 9.84 Å². The van der Waals surface area contributed by atoms with Gasteiger partial charge in [-0.15, -0.1) is 0 Å². The predicted molar refractivity (Wildman–Crippen MR) is 99.1 cm³/mol. The zero-order chi connectivity index (χ0) is 18.6. The van der Waals surface area contributed by atoms with Crippen molar-refractivity contribution in [1.82, 2.24) is 0 Å². The van der Waals surface area contributed by atoms with Crippen LogP contribution in [0.1, 0.15) is 71.9 Å². The molecule has 0 amide bonds. The molecule has 3 nitrogen and oxygen atoms in total. The molecular weight excluding hydrogens is 300 g/mol. The normalized spacial score (nSPS) is 15.0. The van der Waals surface area contributed by atoms with E-state index in [1.165, 1.54) is 0 Å². The Labute approximate surface area is 147 Å². The number of hydrogen-bond acceptors (Lipinski definition) is 3. The minimum Gasteiger partial charge on any atom is -0.459 e. The van der Waals surface area contributed by atoms with E-state index in [1.54, 1.807) is 0 Å². The van der Waals surface area contributed by atoms with Crippen molar-refractivity contribution < 1.29 is 14.6 Å². The van der Waals surface area contributed by atoms with Gasteiger partial charge in [0.15, 0.2) is 0 Å². The molecule has 3 heteroatoms. The lowest BCUT2D eigenvalue weighted by molar-refractivity contribution is -0.162. The van der Waals surface area contributed by atoms with Crippen LogP contribution in [0.15, 0.2) is 24.3 Å². The van der Waals surface area contributed by atoms with E-state index in [0.717, 1.165) is 24.0 Å². The van der Waals surface area contributed by atoms with Crippen molar-refractivity contribution in [2.75, 3.05) is 6.61 Å². The van der Waals surface area contributed by atoms with Gasteiger partial charge in [0.05, 0.1) is 5.41 Å². The highest BCUT2D eigenvalue weighted by atomic mass is 16.6. The van der Waals surface area contributed by atoms with Crippen LogP contribution in [-0.2, 0) is 14.9 Å². The van der Waals surface area contributed by atoms with E-state index in [2.05, 4.69) is 6.07 Å². The van der Waals surface area contributed by atoms with E-state index >= 15 is 0 Å². The minimum atomic E-state index is -0.676. The predicted octanol–water partition coefficient (Wildman–Crippen LogP) is 4.78. The first-order chi connectivity index (χ1) is 10.9. The van der Waals surface area contributed by atoms with Gasteiger partial charge in [-0.2, -0.15) is 0 Å². The van der Waals surface area contributed by atoms with Crippen LogP contribution in [-0.4, -0.2) is 23.3 Å². The number of aliphatic hydroxyl groups is 1. The summed E-state index contributed by atoms with van der Waals surface area (Å²) in [7, 11) is 0. The first-order valence-corrected chi connectivity index (χ1v) is 8.81. The summed E-state index contributed by atoms with van der Waals surface area (Å²) in [5.74, 6) is -0.178. The number of aliphatic hydroxyl groups excluding tert-OH is 1. The second-order valence-electron chi connectivity index (χ2n) is 8.88.